The molecule has 2 aromatic rings. The van der Waals surface area contributed by atoms with Crippen LogP contribution in [0.5, 0.6) is 0 Å². The third-order valence-electron chi connectivity index (χ3n) is 3.80. The van der Waals surface area contributed by atoms with Crippen molar-refractivity contribution < 1.29 is 9.32 Å². The molecule has 4 nitrogen and oxygen atoms in total. The van der Waals surface area contributed by atoms with Gasteiger partial charge in [0.25, 0.3) is 0 Å². The fourth-order valence-corrected chi connectivity index (χ4v) is 2.67. The topological polar surface area (TPSA) is 55.1 Å². The van der Waals surface area contributed by atoms with Crippen molar-refractivity contribution in [3.63, 3.8) is 0 Å². The molecule has 20 heavy (non-hydrogen) atoms. The van der Waals surface area contributed by atoms with Crippen LogP contribution in [0.4, 0.5) is 5.88 Å². The molecule has 1 aliphatic rings. The molecule has 1 saturated carbocycles. The van der Waals surface area contributed by atoms with Crippen LogP contribution in [0.2, 0.25) is 0 Å². The first-order valence-electron chi connectivity index (χ1n) is 7.16. The van der Waals surface area contributed by atoms with Crippen molar-refractivity contribution >= 4 is 11.8 Å². The van der Waals surface area contributed by atoms with Crippen LogP contribution in [-0.2, 0) is 4.79 Å². The Hall–Kier alpha value is -2.10. The Morgan fingerprint density at radius 3 is 2.65 bits per heavy atom. The summed E-state index contributed by atoms with van der Waals surface area (Å²) in [5.41, 5.74) is 1.72. The smallest absolute Gasteiger partial charge is 0.231 e. The Kier molecular flexibility index (Phi) is 3.81. The van der Waals surface area contributed by atoms with Crippen molar-refractivity contribution in [1.29, 1.82) is 0 Å². The summed E-state index contributed by atoms with van der Waals surface area (Å²) in [7, 11) is 0. The van der Waals surface area contributed by atoms with Gasteiger partial charge in [-0.05, 0) is 12.8 Å². The normalized spacial score (nSPS) is 16.0. The molecule has 3 rings (SSSR count). The first-order valence-corrected chi connectivity index (χ1v) is 7.16. The Bertz CT molecular complexity index is 571. The van der Waals surface area contributed by atoms with E-state index >= 15 is 0 Å². The summed E-state index contributed by atoms with van der Waals surface area (Å²) in [6, 6.07) is 11.6. The molecule has 0 aliphatic heterocycles. The van der Waals surface area contributed by atoms with Crippen LogP contribution in [0.25, 0.3) is 11.3 Å². The summed E-state index contributed by atoms with van der Waals surface area (Å²) in [4.78, 5) is 12.1. The molecule has 1 fully saturated rings. The maximum absolute atomic E-state index is 12.1. The first-order chi connectivity index (χ1) is 9.83. The lowest BCUT2D eigenvalue weighted by atomic mass is 9.89. The van der Waals surface area contributed by atoms with Crippen molar-refractivity contribution in [3.8, 4) is 11.3 Å². The number of nitrogens with one attached hydrogen (secondary N) is 1. The fourth-order valence-electron chi connectivity index (χ4n) is 2.67. The maximum atomic E-state index is 12.1. The highest BCUT2D eigenvalue weighted by molar-refractivity contribution is 5.91. The van der Waals surface area contributed by atoms with Crippen molar-refractivity contribution in [3.05, 3.63) is 36.4 Å². The highest BCUT2D eigenvalue weighted by atomic mass is 16.5. The monoisotopic (exact) mass is 270 g/mol. The van der Waals surface area contributed by atoms with Gasteiger partial charge in [0.2, 0.25) is 11.8 Å². The molecule has 104 valence electrons. The second-order valence-electron chi connectivity index (χ2n) is 5.27. The minimum Gasteiger partial charge on any atom is -0.338 e. The Labute approximate surface area is 118 Å². The SMILES string of the molecule is O=C(Nc1cc(-c2ccccc2)no1)C1CCCCC1. The molecule has 0 unspecified atom stereocenters. The van der Waals surface area contributed by atoms with E-state index in [9.17, 15) is 4.79 Å². The highest BCUT2D eigenvalue weighted by Crippen LogP contribution is 2.26. The van der Waals surface area contributed by atoms with Crippen LogP contribution in [0.1, 0.15) is 32.1 Å². The number of hydrogen-bond acceptors (Lipinski definition) is 3. The van der Waals surface area contributed by atoms with Gasteiger partial charge >= 0.3 is 0 Å². The Balaban J connectivity index is 1.66. The molecule has 1 aromatic carbocycles. The average Bonchev–Trinajstić information content (AvgIpc) is 2.97. The third kappa shape index (κ3) is 2.90. The minimum atomic E-state index is 0.0560. The first kappa shape index (κ1) is 12.9. The van der Waals surface area contributed by atoms with E-state index in [1.807, 2.05) is 30.3 Å². The van der Waals surface area contributed by atoms with Crippen LogP contribution in [0.3, 0.4) is 0 Å². The molecule has 4 heteroatoms. The van der Waals surface area contributed by atoms with Crippen LogP contribution in [-0.4, -0.2) is 11.1 Å². The molecule has 0 atom stereocenters. The fraction of sp³-hybridized carbons (Fsp3) is 0.375. The van der Waals surface area contributed by atoms with Gasteiger partial charge in [0.15, 0.2) is 0 Å². The van der Waals surface area contributed by atoms with Crippen molar-refractivity contribution in [1.82, 2.24) is 5.16 Å². The Morgan fingerprint density at radius 1 is 1.15 bits per heavy atom. The Morgan fingerprint density at radius 2 is 1.90 bits per heavy atom. The molecule has 1 heterocycles. The lowest BCUT2D eigenvalue weighted by molar-refractivity contribution is -0.120. The summed E-state index contributed by atoms with van der Waals surface area (Å²) in [5, 5.41) is 6.83. The zero-order chi connectivity index (χ0) is 13.8. The molecule has 0 radical (unpaired) electrons. The van der Waals surface area contributed by atoms with Gasteiger partial charge < -0.3 is 4.52 Å². The lowest BCUT2D eigenvalue weighted by Crippen LogP contribution is -2.24. The van der Waals surface area contributed by atoms with Crippen molar-refractivity contribution in [2.24, 2.45) is 5.92 Å². The highest BCUT2D eigenvalue weighted by Gasteiger charge is 2.22. The summed E-state index contributed by atoms with van der Waals surface area (Å²) >= 11 is 0. The number of carbonyl (C=O) groups is 1. The summed E-state index contributed by atoms with van der Waals surface area (Å²) in [6.45, 7) is 0. The third-order valence-corrected chi connectivity index (χ3v) is 3.80. The summed E-state index contributed by atoms with van der Waals surface area (Å²) in [6.07, 6.45) is 5.48. The second kappa shape index (κ2) is 5.90. The molecule has 1 aromatic heterocycles. The van der Waals surface area contributed by atoms with Gasteiger partial charge in [0.1, 0.15) is 5.69 Å². The largest absolute Gasteiger partial charge is 0.338 e. The summed E-state index contributed by atoms with van der Waals surface area (Å²) in [5.74, 6) is 0.605. The van der Waals surface area contributed by atoms with E-state index in [2.05, 4.69) is 10.5 Å². The van der Waals surface area contributed by atoms with E-state index in [1.165, 1.54) is 6.42 Å². The molecule has 1 aliphatic carbocycles. The van der Waals surface area contributed by atoms with E-state index in [4.69, 9.17) is 4.52 Å². The number of anilines is 1. The molecule has 1 N–H and O–H groups in total. The molecule has 1 amide bonds. The lowest BCUT2D eigenvalue weighted by Gasteiger charge is -2.19. The van der Waals surface area contributed by atoms with Gasteiger partial charge in [-0.2, -0.15) is 0 Å². The van der Waals surface area contributed by atoms with Crippen LogP contribution >= 0.6 is 0 Å². The second-order valence-corrected chi connectivity index (χ2v) is 5.27. The van der Waals surface area contributed by atoms with Crippen LogP contribution in [0.15, 0.2) is 40.9 Å². The number of carbonyl (C=O) groups excluding carboxylic acids is 1. The van der Waals surface area contributed by atoms with Gasteiger partial charge in [-0.15, -0.1) is 0 Å². The number of benzene rings is 1. The van der Waals surface area contributed by atoms with E-state index < -0.39 is 0 Å². The number of aromatic nitrogens is 1. The predicted molar refractivity (Wildman–Crippen MR) is 77.1 cm³/mol. The van der Waals surface area contributed by atoms with Crippen LogP contribution < -0.4 is 5.32 Å². The minimum absolute atomic E-state index is 0.0560. The molecule has 0 saturated heterocycles. The molecule has 0 bridgehead atoms. The van der Waals surface area contributed by atoms with Crippen LogP contribution in [0, 0.1) is 5.92 Å². The molecular weight excluding hydrogens is 252 g/mol. The van der Waals surface area contributed by atoms with E-state index in [0.29, 0.717) is 5.88 Å². The number of rotatable bonds is 3. The quantitative estimate of drug-likeness (QED) is 0.921. The van der Waals surface area contributed by atoms with Gasteiger partial charge in [-0.25, -0.2) is 0 Å². The standard InChI is InChI=1S/C16H18N2O2/c19-16(13-9-5-2-6-10-13)17-15-11-14(18-20-15)12-7-3-1-4-8-12/h1,3-4,7-8,11,13H,2,5-6,9-10H2,(H,17,19). The van der Waals surface area contributed by atoms with Gasteiger partial charge in [0.05, 0.1) is 0 Å². The zero-order valence-corrected chi connectivity index (χ0v) is 11.3. The predicted octanol–water partition coefficient (Wildman–Crippen LogP) is 3.86. The molecule has 0 spiro atoms. The molecular formula is C16H18N2O2. The van der Waals surface area contributed by atoms with E-state index in [0.717, 1.165) is 36.9 Å². The average molecular weight is 270 g/mol. The van der Waals surface area contributed by atoms with E-state index in [-0.39, 0.29) is 11.8 Å². The number of amides is 1. The van der Waals surface area contributed by atoms with Crippen molar-refractivity contribution in [2.75, 3.05) is 5.32 Å². The van der Waals surface area contributed by atoms with Gasteiger partial charge in [-0.3, -0.25) is 10.1 Å². The van der Waals surface area contributed by atoms with Crippen molar-refractivity contribution in [2.45, 2.75) is 32.1 Å². The van der Waals surface area contributed by atoms with Gasteiger partial charge in [-0.1, -0.05) is 54.8 Å². The maximum Gasteiger partial charge on any atom is 0.231 e. The van der Waals surface area contributed by atoms with E-state index in [1.54, 1.807) is 6.07 Å². The van der Waals surface area contributed by atoms with Gasteiger partial charge in [0, 0.05) is 17.5 Å². The number of nitrogens with zero attached hydrogens (tertiary/aromatic N) is 1. The summed E-state index contributed by atoms with van der Waals surface area (Å²) < 4.78 is 5.20. The zero-order valence-electron chi connectivity index (χ0n) is 11.3. The number of hydrogen-bond donors (Lipinski definition) is 1.